The van der Waals surface area contributed by atoms with Gasteiger partial charge in [-0.2, -0.15) is 0 Å². The minimum absolute atomic E-state index is 0.779. The zero-order chi connectivity index (χ0) is 80.4. The van der Waals surface area contributed by atoms with Crippen LogP contribution in [0.3, 0.4) is 0 Å². The summed E-state index contributed by atoms with van der Waals surface area (Å²) in [5.41, 5.74) is 0. The van der Waals surface area contributed by atoms with Crippen molar-refractivity contribution in [2.75, 3.05) is 39.6 Å². The lowest BCUT2D eigenvalue weighted by Crippen LogP contribution is -2.72. The molecular formula is C62H104N4O43. The topological polar surface area (TPSA) is 718 Å². The van der Waals surface area contributed by atoms with E-state index in [9.17, 15) is 132 Å². The summed E-state index contributed by atoms with van der Waals surface area (Å²) in [4.78, 5) is 51.7. The van der Waals surface area contributed by atoms with Gasteiger partial charge < -0.3 is 214 Å². The summed E-state index contributed by atoms with van der Waals surface area (Å²) in [5, 5.41) is 256. The fourth-order valence-corrected chi connectivity index (χ4v) is 14.3. The molecule has 0 aromatic carbocycles. The van der Waals surface area contributed by atoms with Crippen molar-refractivity contribution in [3.63, 3.8) is 0 Å². The number of nitrogens with one attached hydrogen (secondary N) is 4. The lowest BCUT2D eigenvalue weighted by atomic mass is 9.93. The van der Waals surface area contributed by atoms with Crippen molar-refractivity contribution < 1.29 is 212 Å². The van der Waals surface area contributed by atoms with Gasteiger partial charge in [-0.05, 0) is 20.8 Å². The lowest BCUT2D eigenvalue weighted by Gasteiger charge is -2.53. The van der Waals surface area contributed by atoms with Gasteiger partial charge in [-0.3, -0.25) is 19.2 Å². The summed E-state index contributed by atoms with van der Waals surface area (Å²) in [6, 6.07) is -7.29. The van der Waals surface area contributed by atoms with Gasteiger partial charge in [0.15, 0.2) is 56.6 Å². The van der Waals surface area contributed by atoms with E-state index in [-0.39, 0.29) is 0 Å². The number of aliphatic hydroxyl groups is 22. The van der Waals surface area contributed by atoms with Crippen LogP contribution in [0.1, 0.15) is 48.5 Å². The molecule has 0 radical (unpaired) electrons. The Kier molecular flexibility index (Phi) is 31.4. The molecule has 26 N–H and O–H groups in total. The van der Waals surface area contributed by atoms with Crippen LogP contribution in [0.15, 0.2) is 0 Å². The maximum atomic E-state index is 13.7. The molecule has 45 atom stereocenters. The fourth-order valence-electron chi connectivity index (χ4n) is 14.3. The third-order valence-electron chi connectivity index (χ3n) is 20.2. The molecule has 0 aliphatic carbocycles. The Morgan fingerprint density at radius 3 is 1.06 bits per heavy atom. The molecule has 0 bridgehead atoms. The highest BCUT2D eigenvalue weighted by atomic mass is 16.8. The predicted octanol–water partition coefficient (Wildman–Crippen LogP) is -17.0. The smallest absolute Gasteiger partial charge is 0.217 e. The molecule has 9 saturated heterocycles. The maximum Gasteiger partial charge on any atom is 0.217 e. The molecule has 0 aromatic rings. The Morgan fingerprint density at radius 2 is 0.587 bits per heavy atom. The number of hydrogen-bond acceptors (Lipinski definition) is 43. The van der Waals surface area contributed by atoms with Gasteiger partial charge >= 0.3 is 0 Å². The van der Waals surface area contributed by atoms with Crippen LogP contribution in [0.25, 0.3) is 0 Å². The summed E-state index contributed by atoms with van der Waals surface area (Å²) in [6.45, 7) is 1.14. The zero-order valence-corrected chi connectivity index (χ0v) is 59.6. The first-order valence-corrected chi connectivity index (χ1v) is 35.2. The number of rotatable bonds is 26. The normalized spacial score (nSPS) is 49.9. The molecule has 9 rings (SSSR count). The van der Waals surface area contributed by atoms with Crippen LogP contribution in [-0.2, 0) is 99.7 Å². The van der Waals surface area contributed by atoms with Crippen molar-refractivity contribution in [2.45, 2.75) is 325 Å². The van der Waals surface area contributed by atoms with Gasteiger partial charge in [0.2, 0.25) is 23.6 Å². The van der Waals surface area contributed by atoms with Crippen LogP contribution in [-0.4, -0.2) is 452 Å². The number of aliphatic hydroxyl groups excluding tert-OH is 22. The van der Waals surface area contributed by atoms with Crippen molar-refractivity contribution >= 4 is 23.6 Å². The van der Waals surface area contributed by atoms with Gasteiger partial charge in [-0.1, -0.05) is 0 Å². The number of carbonyl (C=O) groups excluding carboxylic acids is 4. The first-order valence-electron chi connectivity index (χ1n) is 35.2. The monoisotopic (exact) mass is 1590 g/mol. The van der Waals surface area contributed by atoms with E-state index in [1.807, 2.05) is 0 Å². The van der Waals surface area contributed by atoms with Crippen molar-refractivity contribution in [1.29, 1.82) is 0 Å². The molecule has 47 heteroatoms. The van der Waals surface area contributed by atoms with Crippen molar-refractivity contribution in [3.05, 3.63) is 0 Å². The Morgan fingerprint density at radius 1 is 0.257 bits per heavy atom. The highest BCUT2D eigenvalue weighted by Gasteiger charge is 2.62. The van der Waals surface area contributed by atoms with Crippen molar-refractivity contribution in [3.8, 4) is 0 Å². The van der Waals surface area contributed by atoms with E-state index in [0.29, 0.717) is 0 Å². The van der Waals surface area contributed by atoms with Crippen LogP contribution < -0.4 is 21.3 Å². The lowest BCUT2D eigenvalue weighted by molar-refractivity contribution is -0.410. The molecule has 9 aliphatic heterocycles. The Bertz CT molecular complexity index is 2920. The second-order valence-corrected chi connectivity index (χ2v) is 28.1. The van der Waals surface area contributed by atoms with Gasteiger partial charge in [0.1, 0.15) is 201 Å². The van der Waals surface area contributed by atoms with Gasteiger partial charge in [0.25, 0.3) is 0 Å². The Balaban J connectivity index is 1.06. The molecule has 9 aliphatic rings. The first kappa shape index (κ1) is 89.3. The van der Waals surface area contributed by atoms with Crippen LogP contribution in [0, 0.1) is 0 Å². The number of hydrogen-bond donors (Lipinski definition) is 26. The molecule has 9 fully saturated rings. The van der Waals surface area contributed by atoms with Gasteiger partial charge in [-0.15, -0.1) is 0 Å². The largest absolute Gasteiger partial charge is 0.394 e. The predicted molar refractivity (Wildman–Crippen MR) is 339 cm³/mol. The minimum Gasteiger partial charge on any atom is -0.394 e. The van der Waals surface area contributed by atoms with E-state index in [1.165, 1.54) is 20.8 Å². The van der Waals surface area contributed by atoms with E-state index in [2.05, 4.69) is 21.3 Å². The maximum absolute atomic E-state index is 13.7. The molecule has 4 amide bonds. The minimum atomic E-state index is -2.34. The van der Waals surface area contributed by atoms with Crippen molar-refractivity contribution in [1.82, 2.24) is 21.3 Å². The third kappa shape index (κ3) is 19.7. The molecule has 0 saturated carbocycles. The quantitative estimate of drug-likeness (QED) is 0.0382. The summed E-state index contributed by atoms with van der Waals surface area (Å²) in [5.74, 6) is -3.53. The van der Waals surface area contributed by atoms with E-state index in [1.54, 1.807) is 0 Å². The molecule has 630 valence electrons. The molecule has 9 heterocycles. The van der Waals surface area contributed by atoms with Crippen LogP contribution in [0.5, 0.6) is 0 Å². The highest BCUT2D eigenvalue weighted by Crippen LogP contribution is 2.41. The first-order chi connectivity index (χ1) is 51.4. The van der Waals surface area contributed by atoms with Crippen LogP contribution in [0.4, 0.5) is 0 Å². The number of amides is 4. The third-order valence-corrected chi connectivity index (χ3v) is 20.2. The Labute approximate surface area is 619 Å². The molecule has 109 heavy (non-hydrogen) atoms. The van der Waals surface area contributed by atoms with E-state index in [0.717, 1.165) is 27.7 Å². The second kappa shape index (κ2) is 38.4. The summed E-state index contributed by atoms with van der Waals surface area (Å²) < 4.78 is 103. The van der Waals surface area contributed by atoms with E-state index < -0.39 is 339 Å². The SMILES string of the molecule is CC(=O)N[C@H]1[C@H](OC[C@H]2OC(O)[C@H](NC(C)=O)[C@@H](O[C@@H]3O[C@H](CO)[C@@H](O)[C@H](O)[C@H]3NC(C)=O)[C@H]2O)O[C@H](CO)[C@@H](O[C@@H]2O[C@H](CO)[C@H](O)[C@H](O[C@@H]3O[C@H](CO)[C@@H](O[C@@H]4O[C@@H](C)[C@@H](O)[C@@H](O)[C@@H]4O)[C@H](O[C@@H]4O[C@H](CO)[C@H](O)[C@H](O)[C@H]4O[C@@H]4O[C@@H](C)[C@@H](O)[C@@H](O)[C@@H]4O)[C@H]3NC(C)=O)[C@H]2O[C@@H]2O[C@@H](C)[C@@H](O)[C@@H](O)[C@H]2O)[C@@H]1O. The average Bonchev–Trinajstić information content (AvgIpc) is 0.757. The number of ether oxygens (including phenoxy) is 17. The van der Waals surface area contributed by atoms with Crippen LogP contribution >= 0.6 is 0 Å². The molecule has 47 nitrogen and oxygen atoms in total. The fraction of sp³-hybridized carbons (Fsp3) is 0.935. The summed E-state index contributed by atoms with van der Waals surface area (Å²) in [6.07, 6.45) is -81.6. The van der Waals surface area contributed by atoms with Gasteiger partial charge in [0, 0.05) is 27.7 Å². The van der Waals surface area contributed by atoms with Crippen molar-refractivity contribution in [2.24, 2.45) is 0 Å². The van der Waals surface area contributed by atoms with Crippen LogP contribution in [0.2, 0.25) is 0 Å². The summed E-state index contributed by atoms with van der Waals surface area (Å²) in [7, 11) is 0. The second-order valence-electron chi connectivity index (χ2n) is 28.1. The standard InChI is InChI=1S/C62H104N4O43/c1-14-31(76)40(85)44(89)58(94-14)104-48-25(12-71)102-57(30(66-20(7)75)50(48)106-61-52(43(88)35(80)22(9-68)99-61)108-59-45(90)41(86)32(77)15(2)95-59)107-51-36(81)23(10-69)100-62(53(51)109-60-46(91)42(87)33(78)16(3)96-60)103-47-24(11-70)101-55(28(39(47)84)64-18(5)73)93-13-26-37(82)49(29(54(92)97-26)65-19(6)74)105-56-27(63-17(4)72)38(83)34(79)21(8-67)98-56/h14-16,21-62,67-71,76-92H,8-13H2,1-7H3,(H,63,72)(H,64,73)(H,65,74)(H,66,75)/t14-,15-,16-,21+,22+,23+,24+,25+,26+,27+,28+,29+,30+,31+,32+,33+,34+,35-,36-,37-,38+,39+,40+,41+,42+,43-,44-,45-,46+,47+,48+,49+,50+,51-,52+,53+,54?,55+,56-,57-,58-,59-,60-,61-,62-/m0/s1. The number of carbonyl (C=O) groups is 4. The average molecular weight is 1590 g/mol. The van der Waals surface area contributed by atoms with E-state index >= 15 is 0 Å². The molecule has 0 spiro atoms. The summed E-state index contributed by atoms with van der Waals surface area (Å²) >= 11 is 0. The zero-order valence-electron chi connectivity index (χ0n) is 59.6. The van der Waals surface area contributed by atoms with Gasteiger partial charge in [0.05, 0.1) is 58.0 Å². The Hall–Kier alpha value is -3.68. The molecule has 1 unspecified atom stereocenters. The molecular weight excluding hydrogens is 1490 g/mol. The van der Waals surface area contributed by atoms with E-state index in [4.69, 9.17) is 80.5 Å². The molecule has 0 aromatic heterocycles. The highest BCUT2D eigenvalue weighted by molar-refractivity contribution is 5.74. The van der Waals surface area contributed by atoms with Gasteiger partial charge in [-0.25, -0.2) is 0 Å².